The Kier molecular flexibility index (Phi) is 8.21. The fraction of sp³-hybridized carbons (Fsp3) is 0.318. The highest BCUT2D eigenvalue weighted by Gasteiger charge is 2.21. The molecule has 2 rings (SSSR count). The third kappa shape index (κ3) is 6.34. The number of hydrogen-bond donors (Lipinski definition) is 1. The molecule has 2 aromatic carbocycles. The van der Waals surface area contributed by atoms with Gasteiger partial charge in [-0.25, -0.2) is 0 Å². The van der Waals surface area contributed by atoms with Crippen molar-refractivity contribution in [1.82, 2.24) is 5.32 Å². The molecular formula is C22H26N2O5. The Labute approximate surface area is 170 Å². The lowest BCUT2D eigenvalue weighted by molar-refractivity contribution is -0.146. The summed E-state index contributed by atoms with van der Waals surface area (Å²) in [5.74, 6) is -1.05. The number of nitrogens with zero attached hydrogens (tertiary/aromatic N) is 1. The van der Waals surface area contributed by atoms with Gasteiger partial charge in [0.05, 0.1) is 12.2 Å². The van der Waals surface area contributed by atoms with Gasteiger partial charge in [-0.2, -0.15) is 0 Å². The SMILES string of the molecule is CCOc1ccccc1C(=O)NCC(=O)OCC(=O)N(c1ccccc1)C(C)C. The summed E-state index contributed by atoms with van der Waals surface area (Å²) in [6.45, 7) is 5.24. The van der Waals surface area contributed by atoms with Gasteiger partial charge in [0.2, 0.25) is 0 Å². The predicted octanol–water partition coefficient (Wildman–Crippen LogP) is 2.80. The number of hydrogen-bond acceptors (Lipinski definition) is 5. The maximum atomic E-state index is 12.5. The number of carbonyl (C=O) groups is 3. The summed E-state index contributed by atoms with van der Waals surface area (Å²) in [6.07, 6.45) is 0. The standard InChI is InChI=1S/C22H26N2O5/c1-4-28-19-13-9-8-12-18(19)22(27)23-14-21(26)29-15-20(25)24(16(2)3)17-10-6-5-7-11-17/h5-13,16H,4,14-15H2,1-3H3,(H,23,27). The van der Waals surface area contributed by atoms with E-state index in [1.54, 1.807) is 29.2 Å². The van der Waals surface area contributed by atoms with Gasteiger partial charge < -0.3 is 19.7 Å². The fourth-order valence-electron chi connectivity index (χ4n) is 2.76. The molecule has 0 aliphatic heterocycles. The zero-order valence-corrected chi connectivity index (χ0v) is 16.9. The smallest absolute Gasteiger partial charge is 0.325 e. The Hall–Kier alpha value is -3.35. The van der Waals surface area contributed by atoms with Gasteiger partial charge in [0.15, 0.2) is 6.61 Å². The van der Waals surface area contributed by atoms with Gasteiger partial charge in [-0.1, -0.05) is 30.3 Å². The molecule has 0 aromatic heterocycles. The third-order valence-electron chi connectivity index (χ3n) is 4.00. The molecule has 154 valence electrons. The van der Waals surface area contributed by atoms with Crippen molar-refractivity contribution < 1.29 is 23.9 Å². The summed E-state index contributed by atoms with van der Waals surface area (Å²) in [5.41, 5.74) is 1.05. The lowest BCUT2D eigenvalue weighted by Crippen LogP contribution is -2.40. The molecule has 0 atom stereocenters. The van der Waals surface area contributed by atoms with Gasteiger partial charge >= 0.3 is 5.97 Å². The molecule has 0 saturated heterocycles. The van der Waals surface area contributed by atoms with E-state index >= 15 is 0 Å². The van der Waals surface area contributed by atoms with E-state index in [0.717, 1.165) is 5.69 Å². The molecule has 0 spiro atoms. The maximum Gasteiger partial charge on any atom is 0.325 e. The Morgan fingerprint density at radius 2 is 1.66 bits per heavy atom. The molecule has 0 aliphatic carbocycles. The minimum Gasteiger partial charge on any atom is -0.493 e. The van der Waals surface area contributed by atoms with Crippen molar-refractivity contribution in [3.8, 4) is 5.75 Å². The monoisotopic (exact) mass is 398 g/mol. The maximum absolute atomic E-state index is 12.5. The van der Waals surface area contributed by atoms with Gasteiger partial charge in [-0.15, -0.1) is 0 Å². The Balaban J connectivity index is 1.88. The summed E-state index contributed by atoms with van der Waals surface area (Å²) >= 11 is 0. The molecule has 7 heteroatoms. The van der Waals surface area contributed by atoms with Crippen LogP contribution in [-0.4, -0.2) is 43.6 Å². The summed E-state index contributed by atoms with van der Waals surface area (Å²) in [4.78, 5) is 38.3. The molecule has 0 radical (unpaired) electrons. The molecule has 29 heavy (non-hydrogen) atoms. The van der Waals surface area contributed by atoms with Crippen molar-refractivity contribution in [2.24, 2.45) is 0 Å². The molecule has 1 N–H and O–H groups in total. The Bertz CT molecular complexity index is 836. The third-order valence-corrected chi connectivity index (χ3v) is 4.00. The first-order valence-electron chi connectivity index (χ1n) is 9.46. The van der Waals surface area contributed by atoms with Crippen molar-refractivity contribution in [3.05, 3.63) is 60.2 Å². The highest BCUT2D eigenvalue weighted by Crippen LogP contribution is 2.18. The van der Waals surface area contributed by atoms with E-state index in [2.05, 4.69) is 5.32 Å². The zero-order valence-electron chi connectivity index (χ0n) is 16.9. The first kappa shape index (κ1) is 21.9. The van der Waals surface area contributed by atoms with E-state index < -0.39 is 18.5 Å². The van der Waals surface area contributed by atoms with E-state index in [4.69, 9.17) is 9.47 Å². The highest BCUT2D eigenvalue weighted by molar-refractivity contribution is 5.99. The average Bonchev–Trinajstić information content (AvgIpc) is 2.72. The number of nitrogens with one attached hydrogen (secondary N) is 1. The number of esters is 1. The molecule has 0 aliphatic rings. The number of ether oxygens (including phenoxy) is 2. The molecule has 0 fully saturated rings. The van der Waals surface area contributed by atoms with Gasteiger partial charge in [0.1, 0.15) is 12.3 Å². The molecule has 2 aromatic rings. The number of rotatable bonds is 9. The predicted molar refractivity (Wildman–Crippen MR) is 110 cm³/mol. The summed E-state index contributed by atoms with van der Waals surface area (Å²) in [5, 5.41) is 2.49. The second-order valence-corrected chi connectivity index (χ2v) is 6.47. The molecule has 7 nitrogen and oxygen atoms in total. The van der Waals surface area contributed by atoms with Crippen LogP contribution in [0.15, 0.2) is 54.6 Å². The van der Waals surface area contributed by atoms with E-state index in [1.165, 1.54) is 0 Å². The fourth-order valence-corrected chi connectivity index (χ4v) is 2.76. The van der Waals surface area contributed by atoms with Crippen LogP contribution in [0, 0.1) is 0 Å². The first-order valence-corrected chi connectivity index (χ1v) is 9.46. The van der Waals surface area contributed by atoms with E-state index in [1.807, 2.05) is 51.1 Å². The normalized spacial score (nSPS) is 10.3. The van der Waals surface area contributed by atoms with E-state index in [9.17, 15) is 14.4 Å². The van der Waals surface area contributed by atoms with Crippen molar-refractivity contribution in [3.63, 3.8) is 0 Å². The highest BCUT2D eigenvalue weighted by atomic mass is 16.5. The van der Waals surface area contributed by atoms with E-state index in [0.29, 0.717) is 17.9 Å². The quantitative estimate of drug-likeness (QED) is 0.657. The van der Waals surface area contributed by atoms with Crippen molar-refractivity contribution in [2.75, 3.05) is 24.7 Å². The van der Waals surface area contributed by atoms with Crippen LogP contribution in [0.1, 0.15) is 31.1 Å². The number of amides is 2. The molecule has 0 unspecified atom stereocenters. The van der Waals surface area contributed by atoms with Crippen molar-refractivity contribution in [2.45, 2.75) is 26.8 Å². The van der Waals surface area contributed by atoms with Crippen LogP contribution in [0.5, 0.6) is 5.75 Å². The molecule has 0 saturated carbocycles. The van der Waals surface area contributed by atoms with Crippen molar-refractivity contribution >= 4 is 23.5 Å². The molecule has 2 amide bonds. The topological polar surface area (TPSA) is 84.9 Å². The second kappa shape index (κ2) is 10.8. The molecular weight excluding hydrogens is 372 g/mol. The summed E-state index contributed by atoms with van der Waals surface area (Å²) in [7, 11) is 0. The van der Waals surface area contributed by atoms with Gasteiger partial charge in [-0.05, 0) is 45.0 Å². The number of benzene rings is 2. The summed E-state index contributed by atoms with van der Waals surface area (Å²) < 4.78 is 10.5. The average molecular weight is 398 g/mol. The van der Waals surface area contributed by atoms with Crippen LogP contribution in [0.3, 0.4) is 0 Å². The lowest BCUT2D eigenvalue weighted by atomic mass is 10.2. The van der Waals surface area contributed by atoms with Crippen LogP contribution in [-0.2, 0) is 14.3 Å². The second-order valence-electron chi connectivity index (χ2n) is 6.47. The van der Waals surface area contributed by atoms with Crippen LogP contribution >= 0.6 is 0 Å². The van der Waals surface area contributed by atoms with E-state index in [-0.39, 0.29) is 18.5 Å². The molecule has 0 bridgehead atoms. The van der Waals surface area contributed by atoms with Gasteiger partial charge in [-0.3, -0.25) is 14.4 Å². The summed E-state index contributed by atoms with van der Waals surface area (Å²) in [6, 6.07) is 15.8. The number of para-hydroxylation sites is 2. The van der Waals surface area contributed by atoms with Crippen LogP contribution in [0.25, 0.3) is 0 Å². The largest absolute Gasteiger partial charge is 0.493 e. The van der Waals surface area contributed by atoms with Crippen LogP contribution < -0.4 is 15.0 Å². The van der Waals surface area contributed by atoms with Gasteiger partial charge in [0.25, 0.3) is 11.8 Å². The zero-order chi connectivity index (χ0) is 21.2. The lowest BCUT2D eigenvalue weighted by Gasteiger charge is -2.26. The Morgan fingerprint density at radius 1 is 1.00 bits per heavy atom. The van der Waals surface area contributed by atoms with Crippen LogP contribution in [0.2, 0.25) is 0 Å². The minimum absolute atomic E-state index is 0.0987. The number of carbonyl (C=O) groups excluding carboxylic acids is 3. The minimum atomic E-state index is -0.697. The van der Waals surface area contributed by atoms with Crippen LogP contribution in [0.4, 0.5) is 5.69 Å². The Morgan fingerprint density at radius 3 is 2.31 bits per heavy atom. The molecule has 0 heterocycles. The van der Waals surface area contributed by atoms with Gasteiger partial charge in [0, 0.05) is 11.7 Å². The number of anilines is 1. The first-order chi connectivity index (χ1) is 13.9. The van der Waals surface area contributed by atoms with Crippen molar-refractivity contribution in [1.29, 1.82) is 0 Å².